The van der Waals surface area contributed by atoms with Crippen molar-refractivity contribution in [2.45, 2.75) is 0 Å². The van der Waals surface area contributed by atoms with E-state index in [4.69, 9.17) is 16.3 Å². The Morgan fingerprint density at radius 2 is 1.76 bits per heavy atom. The Balaban J connectivity index is 1.62. The van der Waals surface area contributed by atoms with Crippen molar-refractivity contribution >= 4 is 35.1 Å². The second-order valence-corrected chi connectivity index (χ2v) is 6.13. The van der Waals surface area contributed by atoms with Crippen molar-refractivity contribution in [2.75, 3.05) is 19.0 Å². The average molecular weight is 415 g/mol. The average Bonchev–Trinajstić information content (AvgIpc) is 3.26. The van der Waals surface area contributed by atoms with E-state index in [2.05, 4.69) is 20.1 Å². The first-order valence-corrected chi connectivity index (χ1v) is 8.65. The van der Waals surface area contributed by atoms with Crippen LogP contribution in [-0.2, 0) is 14.3 Å². The van der Waals surface area contributed by atoms with Crippen molar-refractivity contribution < 1.29 is 23.9 Å². The van der Waals surface area contributed by atoms with Crippen LogP contribution in [0.3, 0.4) is 0 Å². The summed E-state index contributed by atoms with van der Waals surface area (Å²) < 4.78 is 11.1. The van der Waals surface area contributed by atoms with Crippen LogP contribution in [0.5, 0.6) is 0 Å². The summed E-state index contributed by atoms with van der Waals surface area (Å²) in [5.41, 5.74) is 1.41. The van der Waals surface area contributed by atoms with Gasteiger partial charge in [-0.1, -0.05) is 11.6 Å². The van der Waals surface area contributed by atoms with E-state index in [-0.39, 0.29) is 5.56 Å². The van der Waals surface area contributed by atoms with Gasteiger partial charge in [0.05, 0.1) is 29.6 Å². The van der Waals surface area contributed by atoms with Crippen LogP contribution in [0, 0.1) is 0 Å². The van der Waals surface area contributed by atoms with Crippen molar-refractivity contribution in [1.82, 2.24) is 14.8 Å². The number of benzene rings is 2. The molecule has 1 N–H and O–H groups in total. The summed E-state index contributed by atoms with van der Waals surface area (Å²) in [4.78, 5) is 39.6. The van der Waals surface area contributed by atoms with Crippen LogP contribution in [0.1, 0.15) is 20.7 Å². The second-order valence-electron chi connectivity index (χ2n) is 5.69. The highest BCUT2D eigenvalue weighted by Crippen LogP contribution is 2.23. The van der Waals surface area contributed by atoms with E-state index in [0.717, 1.165) is 0 Å². The maximum atomic E-state index is 12.2. The molecular weight excluding hydrogens is 400 g/mol. The third-order valence-corrected chi connectivity index (χ3v) is 4.01. The molecule has 0 fully saturated rings. The molecule has 0 saturated carbocycles. The molecule has 0 spiro atoms. The number of esters is 2. The third-order valence-electron chi connectivity index (χ3n) is 3.77. The lowest BCUT2D eigenvalue weighted by Gasteiger charge is -2.11. The molecule has 0 radical (unpaired) electrons. The zero-order valence-corrected chi connectivity index (χ0v) is 15.9. The minimum absolute atomic E-state index is 0.191. The van der Waals surface area contributed by atoms with Gasteiger partial charge in [-0.25, -0.2) is 19.3 Å². The molecule has 0 aliphatic rings. The Kier molecular flexibility index (Phi) is 6.20. The fourth-order valence-electron chi connectivity index (χ4n) is 2.40. The quantitative estimate of drug-likeness (QED) is 0.616. The van der Waals surface area contributed by atoms with Gasteiger partial charge in [0.15, 0.2) is 6.61 Å². The molecule has 0 atom stereocenters. The molecule has 2 aromatic carbocycles. The number of nitrogens with one attached hydrogen (secondary N) is 1. The number of hydrogen-bond donors (Lipinski definition) is 1. The van der Waals surface area contributed by atoms with Crippen LogP contribution < -0.4 is 5.32 Å². The Morgan fingerprint density at radius 1 is 1.07 bits per heavy atom. The molecule has 0 aliphatic heterocycles. The van der Waals surface area contributed by atoms with Gasteiger partial charge >= 0.3 is 11.9 Å². The first-order valence-electron chi connectivity index (χ1n) is 8.28. The van der Waals surface area contributed by atoms with Crippen molar-refractivity contribution in [3.05, 3.63) is 71.3 Å². The third kappa shape index (κ3) is 4.96. The van der Waals surface area contributed by atoms with E-state index in [9.17, 15) is 14.4 Å². The molecule has 1 heterocycles. The topological polar surface area (TPSA) is 112 Å². The van der Waals surface area contributed by atoms with Crippen molar-refractivity contribution in [3.8, 4) is 5.69 Å². The number of amides is 1. The van der Waals surface area contributed by atoms with E-state index in [1.54, 1.807) is 18.2 Å². The molecule has 148 valence electrons. The maximum Gasteiger partial charge on any atom is 0.338 e. The highest BCUT2D eigenvalue weighted by molar-refractivity contribution is 6.31. The largest absolute Gasteiger partial charge is 0.465 e. The number of hydrogen-bond acceptors (Lipinski definition) is 7. The monoisotopic (exact) mass is 414 g/mol. The molecule has 0 bridgehead atoms. The predicted molar refractivity (Wildman–Crippen MR) is 103 cm³/mol. The SMILES string of the molecule is COC(=O)c1ccc(C(=O)OCC(=O)Nc2cc(Cl)ccc2-n2cncn2)cc1. The minimum atomic E-state index is -0.709. The molecule has 3 rings (SSSR count). The van der Waals surface area contributed by atoms with Gasteiger partial charge in [-0.3, -0.25) is 4.79 Å². The number of carbonyl (C=O) groups is 3. The van der Waals surface area contributed by atoms with Crippen LogP contribution in [0.4, 0.5) is 5.69 Å². The van der Waals surface area contributed by atoms with Gasteiger partial charge in [0, 0.05) is 5.02 Å². The molecular formula is C19H15ClN4O5. The first-order chi connectivity index (χ1) is 14.0. The summed E-state index contributed by atoms with van der Waals surface area (Å²) in [6.45, 7) is -0.513. The summed E-state index contributed by atoms with van der Waals surface area (Å²) in [7, 11) is 1.26. The molecule has 1 aromatic heterocycles. The first kappa shape index (κ1) is 20.0. The van der Waals surface area contributed by atoms with E-state index < -0.39 is 24.5 Å². The number of ether oxygens (including phenoxy) is 2. The predicted octanol–water partition coefficient (Wildman–Crippen LogP) is 2.50. The van der Waals surface area contributed by atoms with Crippen molar-refractivity contribution in [2.24, 2.45) is 0 Å². The number of anilines is 1. The fourth-order valence-corrected chi connectivity index (χ4v) is 2.57. The summed E-state index contributed by atoms with van der Waals surface area (Å²) in [5.74, 6) is -1.79. The lowest BCUT2D eigenvalue weighted by atomic mass is 10.1. The number of rotatable bonds is 6. The lowest BCUT2D eigenvalue weighted by Crippen LogP contribution is -2.21. The van der Waals surface area contributed by atoms with Gasteiger partial charge < -0.3 is 14.8 Å². The summed E-state index contributed by atoms with van der Waals surface area (Å²) in [6.07, 6.45) is 2.82. The van der Waals surface area contributed by atoms with E-state index in [1.807, 2.05) is 0 Å². The Labute approximate surface area is 170 Å². The van der Waals surface area contributed by atoms with E-state index >= 15 is 0 Å². The smallest absolute Gasteiger partial charge is 0.338 e. The molecule has 9 nitrogen and oxygen atoms in total. The molecule has 29 heavy (non-hydrogen) atoms. The van der Waals surface area contributed by atoms with Crippen molar-refractivity contribution in [3.63, 3.8) is 0 Å². The van der Waals surface area contributed by atoms with Gasteiger partial charge in [-0.15, -0.1) is 0 Å². The number of nitrogens with zero attached hydrogens (tertiary/aromatic N) is 3. The van der Waals surface area contributed by atoms with Crippen LogP contribution in [0.2, 0.25) is 5.02 Å². The second kappa shape index (κ2) is 8.98. The highest BCUT2D eigenvalue weighted by Gasteiger charge is 2.14. The van der Waals surface area contributed by atoms with E-state index in [1.165, 1.54) is 48.7 Å². The Bertz CT molecular complexity index is 1040. The van der Waals surface area contributed by atoms with Gasteiger partial charge in [-0.05, 0) is 42.5 Å². The van der Waals surface area contributed by atoms with Crippen LogP contribution in [0.25, 0.3) is 5.69 Å². The molecule has 10 heteroatoms. The minimum Gasteiger partial charge on any atom is -0.465 e. The zero-order valence-electron chi connectivity index (χ0n) is 15.2. The molecule has 0 aliphatic carbocycles. The van der Waals surface area contributed by atoms with Crippen LogP contribution >= 0.6 is 11.6 Å². The highest BCUT2D eigenvalue weighted by atomic mass is 35.5. The van der Waals surface area contributed by atoms with Gasteiger partial charge in [0.25, 0.3) is 5.91 Å². The lowest BCUT2D eigenvalue weighted by molar-refractivity contribution is -0.119. The molecule has 1 amide bonds. The fraction of sp³-hybridized carbons (Fsp3) is 0.105. The van der Waals surface area contributed by atoms with Gasteiger partial charge in [0.2, 0.25) is 0 Å². The number of halogens is 1. The van der Waals surface area contributed by atoms with Crippen LogP contribution in [-0.4, -0.2) is 46.3 Å². The van der Waals surface area contributed by atoms with Crippen LogP contribution in [0.15, 0.2) is 55.1 Å². The molecule has 0 saturated heterocycles. The number of methoxy groups -OCH3 is 1. The molecule has 0 unspecified atom stereocenters. The summed E-state index contributed by atoms with van der Waals surface area (Å²) in [6, 6.07) is 10.5. The number of aromatic nitrogens is 3. The molecule has 3 aromatic rings. The Hall–Kier alpha value is -3.72. The normalized spacial score (nSPS) is 10.3. The van der Waals surface area contributed by atoms with Gasteiger partial charge in [-0.2, -0.15) is 5.10 Å². The summed E-state index contributed by atoms with van der Waals surface area (Å²) in [5, 5.41) is 7.05. The standard InChI is InChI=1S/C19H15ClN4O5/c1-28-18(26)12-2-4-13(5-3-12)19(27)29-9-17(25)23-15-8-14(20)6-7-16(15)24-11-21-10-22-24/h2-8,10-11H,9H2,1H3,(H,23,25). The number of carbonyl (C=O) groups excluding carboxylic acids is 3. The Morgan fingerprint density at radius 3 is 2.38 bits per heavy atom. The maximum absolute atomic E-state index is 12.2. The van der Waals surface area contributed by atoms with Gasteiger partial charge in [0.1, 0.15) is 12.7 Å². The summed E-state index contributed by atoms with van der Waals surface area (Å²) >= 11 is 6.00. The van der Waals surface area contributed by atoms with E-state index in [0.29, 0.717) is 22.0 Å². The van der Waals surface area contributed by atoms with Crippen molar-refractivity contribution in [1.29, 1.82) is 0 Å². The zero-order chi connectivity index (χ0) is 20.8.